The monoisotopic (exact) mass is 186 g/mol. The molecule has 0 aromatic heterocycles. The van der Waals surface area contributed by atoms with Crippen LogP contribution in [0.15, 0.2) is 0 Å². The second kappa shape index (κ2) is 2.96. The van der Waals surface area contributed by atoms with E-state index in [2.05, 4.69) is 0 Å². The number of rotatable bonds is 1. The van der Waals surface area contributed by atoms with Crippen LogP contribution in [0, 0.1) is 0 Å². The van der Waals surface area contributed by atoms with Crippen molar-refractivity contribution >= 4 is 5.97 Å². The SMILES string of the molecule is CC1(C)OC[C@H]([C@@H]2CCC(=O)O2)O1. The molecule has 0 aromatic rings. The molecule has 2 aliphatic rings. The summed E-state index contributed by atoms with van der Waals surface area (Å²) in [5, 5.41) is 0. The zero-order valence-electron chi connectivity index (χ0n) is 7.91. The minimum absolute atomic E-state index is 0.0820. The fraction of sp³-hybridized carbons (Fsp3) is 0.889. The van der Waals surface area contributed by atoms with Gasteiger partial charge in [-0.05, 0) is 20.3 Å². The predicted molar refractivity (Wildman–Crippen MR) is 44.0 cm³/mol. The second-order valence-corrected chi connectivity index (χ2v) is 3.93. The summed E-state index contributed by atoms with van der Waals surface area (Å²) in [7, 11) is 0. The highest BCUT2D eigenvalue weighted by molar-refractivity contribution is 5.71. The first-order valence-electron chi connectivity index (χ1n) is 4.58. The Morgan fingerprint density at radius 3 is 2.62 bits per heavy atom. The number of carbonyl (C=O) groups excluding carboxylic acids is 1. The van der Waals surface area contributed by atoms with E-state index in [4.69, 9.17) is 14.2 Å². The lowest BCUT2D eigenvalue weighted by Gasteiger charge is -2.19. The Bertz CT molecular complexity index is 224. The van der Waals surface area contributed by atoms with Crippen molar-refractivity contribution in [2.75, 3.05) is 6.61 Å². The van der Waals surface area contributed by atoms with Crippen molar-refractivity contribution in [1.82, 2.24) is 0 Å². The molecule has 2 rings (SSSR count). The molecule has 0 N–H and O–H groups in total. The van der Waals surface area contributed by atoms with E-state index in [1.807, 2.05) is 13.8 Å². The van der Waals surface area contributed by atoms with Gasteiger partial charge in [-0.2, -0.15) is 0 Å². The smallest absolute Gasteiger partial charge is 0.306 e. The van der Waals surface area contributed by atoms with Crippen LogP contribution in [0.1, 0.15) is 26.7 Å². The molecule has 0 aliphatic carbocycles. The fourth-order valence-electron chi connectivity index (χ4n) is 1.71. The first kappa shape index (κ1) is 8.97. The van der Waals surface area contributed by atoms with Crippen molar-refractivity contribution in [1.29, 1.82) is 0 Å². The number of hydrogen-bond acceptors (Lipinski definition) is 4. The molecule has 0 bridgehead atoms. The lowest BCUT2D eigenvalue weighted by Crippen LogP contribution is -2.30. The molecule has 2 aliphatic heterocycles. The van der Waals surface area contributed by atoms with Crippen molar-refractivity contribution in [3.63, 3.8) is 0 Å². The topological polar surface area (TPSA) is 44.8 Å². The highest BCUT2D eigenvalue weighted by atomic mass is 16.8. The van der Waals surface area contributed by atoms with Crippen LogP contribution >= 0.6 is 0 Å². The molecule has 2 saturated heterocycles. The minimum Gasteiger partial charge on any atom is -0.459 e. The molecule has 2 heterocycles. The molecule has 4 heteroatoms. The molecule has 4 nitrogen and oxygen atoms in total. The van der Waals surface area contributed by atoms with Gasteiger partial charge in [0, 0.05) is 6.42 Å². The van der Waals surface area contributed by atoms with Crippen molar-refractivity contribution in [2.45, 2.75) is 44.7 Å². The lowest BCUT2D eigenvalue weighted by molar-refractivity contribution is -0.161. The van der Waals surface area contributed by atoms with Gasteiger partial charge in [0.05, 0.1) is 6.61 Å². The van der Waals surface area contributed by atoms with Crippen LogP contribution in [0.25, 0.3) is 0 Å². The normalized spacial score (nSPS) is 37.8. The standard InChI is InChI=1S/C9H14O4/c1-9(2)11-5-7(13-9)6-3-4-8(10)12-6/h6-7H,3-5H2,1-2H3/t6-,7+/m0/s1. The number of ether oxygens (including phenoxy) is 3. The van der Waals surface area contributed by atoms with E-state index in [-0.39, 0.29) is 18.2 Å². The summed E-state index contributed by atoms with van der Waals surface area (Å²) in [6.07, 6.45) is 1.07. The third-order valence-corrected chi connectivity index (χ3v) is 2.36. The van der Waals surface area contributed by atoms with E-state index < -0.39 is 5.79 Å². The number of carbonyl (C=O) groups is 1. The van der Waals surface area contributed by atoms with E-state index in [1.54, 1.807) is 0 Å². The fourth-order valence-corrected chi connectivity index (χ4v) is 1.71. The first-order chi connectivity index (χ1) is 6.07. The predicted octanol–water partition coefficient (Wildman–Crippen LogP) is 0.843. The van der Waals surface area contributed by atoms with Gasteiger partial charge in [0.1, 0.15) is 12.2 Å². The molecule has 0 unspecified atom stereocenters. The number of hydrogen-bond donors (Lipinski definition) is 0. The zero-order chi connectivity index (χ0) is 9.47. The zero-order valence-corrected chi connectivity index (χ0v) is 7.91. The van der Waals surface area contributed by atoms with Gasteiger partial charge >= 0.3 is 5.97 Å². The molecule has 74 valence electrons. The molecule has 2 fully saturated rings. The third kappa shape index (κ3) is 1.84. The van der Waals surface area contributed by atoms with Gasteiger partial charge in [-0.25, -0.2) is 0 Å². The maximum absolute atomic E-state index is 10.9. The van der Waals surface area contributed by atoms with Crippen molar-refractivity contribution in [2.24, 2.45) is 0 Å². The van der Waals surface area contributed by atoms with Gasteiger partial charge in [0.15, 0.2) is 5.79 Å². The van der Waals surface area contributed by atoms with Gasteiger partial charge in [0.25, 0.3) is 0 Å². The molecule has 0 spiro atoms. The summed E-state index contributed by atoms with van der Waals surface area (Å²) >= 11 is 0. The summed E-state index contributed by atoms with van der Waals surface area (Å²) in [6, 6.07) is 0. The molecule has 0 amide bonds. The van der Waals surface area contributed by atoms with Crippen LogP contribution in [0.4, 0.5) is 0 Å². The highest BCUT2D eigenvalue weighted by Crippen LogP contribution is 2.29. The average molecular weight is 186 g/mol. The first-order valence-corrected chi connectivity index (χ1v) is 4.58. The largest absolute Gasteiger partial charge is 0.459 e. The Balaban J connectivity index is 1.93. The van der Waals surface area contributed by atoms with E-state index in [0.717, 1.165) is 6.42 Å². The second-order valence-electron chi connectivity index (χ2n) is 3.93. The van der Waals surface area contributed by atoms with Crippen molar-refractivity contribution in [3.05, 3.63) is 0 Å². The van der Waals surface area contributed by atoms with Crippen LogP contribution in [-0.2, 0) is 19.0 Å². The van der Waals surface area contributed by atoms with Crippen LogP contribution in [0.3, 0.4) is 0 Å². The maximum Gasteiger partial charge on any atom is 0.306 e. The Labute approximate surface area is 77.1 Å². The van der Waals surface area contributed by atoms with E-state index in [0.29, 0.717) is 13.0 Å². The van der Waals surface area contributed by atoms with E-state index in [9.17, 15) is 4.79 Å². The Kier molecular flexibility index (Phi) is 2.04. The summed E-state index contributed by atoms with van der Waals surface area (Å²) in [4.78, 5) is 10.9. The van der Waals surface area contributed by atoms with Gasteiger partial charge in [-0.1, -0.05) is 0 Å². The lowest BCUT2D eigenvalue weighted by atomic mass is 10.1. The summed E-state index contributed by atoms with van der Waals surface area (Å²) < 4.78 is 16.1. The molecule has 0 radical (unpaired) electrons. The quantitative estimate of drug-likeness (QED) is 0.569. The van der Waals surface area contributed by atoms with Crippen molar-refractivity contribution < 1.29 is 19.0 Å². The van der Waals surface area contributed by atoms with E-state index >= 15 is 0 Å². The summed E-state index contributed by atoms with van der Waals surface area (Å²) in [6.45, 7) is 4.25. The Morgan fingerprint density at radius 1 is 1.38 bits per heavy atom. The van der Waals surface area contributed by atoms with Gasteiger partial charge in [-0.15, -0.1) is 0 Å². The molecular weight excluding hydrogens is 172 g/mol. The highest BCUT2D eigenvalue weighted by Gasteiger charge is 2.41. The Hall–Kier alpha value is -0.610. The van der Waals surface area contributed by atoms with Gasteiger partial charge in [0.2, 0.25) is 0 Å². The van der Waals surface area contributed by atoms with Crippen LogP contribution < -0.4 is 0 Å². The Morgan fingerprint density at radius 2 is 2.15 bits per heavy atom. The summed E-state index contributed by atoms with van der Waals surface area (Å²) in [5.74, 6) is -0.655. The maximum atomic E-state index is 10.9. The number of cyclic esters (lactones) is 1. The molecule has 2 atom stereocenters. The van der Waals surface area contributed by atoms with Crippen LogP contribution in [0.5, 0.6) is 0 Å². The van der Waals surface area contributed by atoms with Crippen LogP contribution in [-0.4, -0.2) is 30.6 Å². The molecular formula is C9H14O4. The minimum atomic E-state index is -0.528. The van der Waals surface area contributed by atoms with E-state index in [1.165, 1.54) is 0 Å². The summed E-state index contributed by atoms with van der Waals surface area (Å²) in [5.41, 5.74) is 0. The average Bonchev–Trinajstić information content (AvgIpc) is 2.56. The van der Waals surface area contributed by atoms with Crippen molar-refractivity contribution in [3.8, 4) is 0 Å². The van der Waals surface area contributed by atoms with Crippen LogP contribution in [0.2, 0.25) is 0 Å². The van der Waals surface area contributed by atoms with Gasteiger partial charge < -0.3 is 14.2 Å². The molecule has 0 aromatic carbocycles. The van der Waals surface area contributed by atoms with Gasteiger partial charge in [-0.3, -0.25) is 4.79 Å². The molecule has 0 saturated carbocycles. The number of esters is 1. The third-order valence-electron chi connectivity index (χ3n) is 2.36. The molecule has 13 heavy (non-hydrogen) atoms.